The summed E-state index contributed by atoms with van der Waals surface area (Å²) >= 11 is 7.68. The number of nitrogens with one attached hydrogen (secondary N) is 2. The molecule has 11 heteroatoms. The summed E-state index contributed by atoms with van der Waals surface area (Å²) in [5, 5.41) is 8.44. The summed E-state index contributed by atoms with van der Waals surface area (Å²) < 4.78 is 8.11. The van der Waals surface area contributed by atoms with E-state index in [1.165, 1.54) is 27.9 Å². The largest absolute Gasteiger partial charge is 0.497 e. The second-order valence-corrected chi connectivity index (χ2v) is 17.1. The number of fused-ring (bicyclic) bond motifs is 5. The molecule has 1 aliphatic carbocycles. The van der Waals surface area contributed by atoms with Gasteiger partial charge in [0.25, 0.3) is 11.8 Å². The molecule has 0 bridgehead atoms. The third-order valence-electron chi connectivity index (χ3n) is 11.4. The van der Waals surface area contributed by atoms with Crippen LogP contribution < -0.4 is 20.3 Å². The van der Waals surface area contributed by atoms with E-state index < -0.39 is 0 Å². The van der Waals surface area contributed by atoms with Gasteiger partial charge in [0, 0.05) is 65.7 Å². The normalized spacial score (nSPS) is 11.9. The van der Waals surface area contributed by atoms with Crippen molar-refractivity contribution in [3.63, 3.8) is 0 Å². The minimum absolute atomic E-state index is 0.0897. The number of rotatable bonds is 14. The molecular formula is C49H48ClN5O4S. The minimum atomic E-state index is -0.190. The molecule has 0 saturated carbocycles. The molecule has 0 saturated heterocycles. The Balaban J connectivity index is 0.799. The Bertz CT molecular complexity index is 2750. The molecule has 2 aromatic heterocycles. The zero-order chi connectivity index (χ0) is 41.9. The fourth-order valence-corrected chi connectivity index (χ4v) is 9.26. The lowest BCUT2D eigenvalue weighted by Gasteiger charge is -2.23. The Kier molecular flexibility index (Phi) is 12.0. The van der Waals surface area contributed by atoms with Crippen LogP contribution in [-0.2, 0) is 24.1 Å². The van der Waals surface area contributed by atoms with Gasteiger partial charge in [0.2, 0.25) is 5.91 Å². The van der Waals surface area contributed by atoms with Crippen LogP contribution in [0.1, 0.15) is 68.8 Å². The Morgan fingerprint density at radius 1 is 0.800 bits per heavy atom. The Morgan fingerprint density at radius 2 is 1.50 bits per heavy atom. The van der Waals surface area contributed by atoms with E-state index >= 15 is 0 Å². The first-order chi connectivity index (χ1) is 29.1. The molecule has 0 unspecified atom stereocenters. The minimum Gasteiger partial charge on any atom is -0.497 e. The molecule has 60 heavy (non-hydrogen) atoms. The van der Waals surface area contributed by atoms with E-state index in [9.17, 15) is 14.4 Å². The molecule has 0 atom stereocenters. The second-order valence-electron chi connectivity index (χ2n) is 15.6. The van der Waals surface area contributed by atoms with Crippen molar-refractivity contribution < 1.29 is 19.1 Å². The summed E-state index contributed by atoms with van der Waals surface area (Å²) in [6.45, 7) is 2.99. The number of hydrogen-bond donors (Lipinski definition) is 2. The van der Waals surface area contributed by atoms with Crippen molar-refractivity contribution in [1.29, 1.82) is 0 Å². The molecule has 306 valence electrons. The van der Waals surface area contributed by atoms with Gasteiger partial charge in [-0.15, -0.1) is 11.3 Å². The van der Waals surface area contributed by atoms with Crippen LogP contribution in [0.3, 0.4) is 0 Å². The number of ether oxygens (including phenoxy) is 1. The number of unbranched alkanes of at least 4 members (excludes halogenated alkanes) is 3. The van der Waals surface area contributed by atoms with Gasteiger partial charge in [-0.25, -0.2) is 4.98 Å². The average Bonchev–Trinajstić information content (AvgIpc) is 3.81. The van der Waals surface area contributed by atoms with Gasteiger partial charge in [0.15, 0.2) is 0 Å². The van der Waals surface area contributed by atoms with Crippen LogP contribution in [0.15, 0.2) is 97.1 Å². The third-order valence-corrected chi connectivity index (χ3v) is 12.8. The van der Waals surface area contributed by atoms with Crippen molar-refractivity contribution in [3.8, 4) is 27.4 Å². The molecule has 1 aliphatic rings. The van der Waals surface area contributed by atoms with E-state index in [0.29, 0.717) is 46.2 Å². The predicted octanol–water partition coefficient (Wildman–Crippen LogP) is 10.1. The van der Waals surface area contributed by atoms with Crippen LogP contribution in [0, 0.1) is 6.92 Å². The zero-order valence-electron chi connectivity index (χ0n) is 34.4. The number of aryl methyl sites for hydroxylation is 2. The Hall–Kier alpha value is -5.97. The first-order valence-electron chi connectivity index (χ1n) is 20.5. The van der Waals surface area contributed by atoms with Crippen molar-refractivity contribution in [3.05, 3.63) is 136 Å². The number of methoxy groups -OCH3 is 1. The molecule has 5 aromatic carbocycles. The van der Waals surface area contributed by atoms with Gasteiger partial charge in [-0.2, -0.15) is 0 Å². The van der Waals surface area contributed by atoms with Crippen molar-refractivity contribution in [2.75, 3.05) is 39.2 Å². The van der Waals surface area contributed by atoms with Gasteiger partial charge in [-0.3, -0.25) is 19.0 Å². The van der Waals surface area contributed by atoms with E-state index in [4.69, 9.17) is 21.3 Å². The maximum absolute atomic E-state index is 13.6. The molecule has 0 aliphatic heterocycles. The second kappa shape index (κ2) is 17.7. The molecule has 9 nitrogen and oxygen atoms in total. The van der Waals surface area contributed by atoms with Crippen LogP contribution >= 0.6 is 22.9 Å². The highest BCUT2D eigenvalue weighted by Gasteiger charge is 2.23. The van der Waals surface area contributed by atoms with E-state index in [1.54, 1.807) is 47.3 Å². The molecule has 2 N–H and O–H groups in total. The maximum atomic E-state index is 13.6. The SMILES string of the molecule is COc1ccc2c(c1)c(CC(=O)NCCCCCCNC(=O)c1ccc3nc(-c4ccc5c(c4)CCc4cc(N(C)C)ccc4-5)sc3c1)c(C)n2C(=O)c1ccc(Cl)cc1. The standard InChI is InChI=1S/C49H48ClN5O4S/c1-30-41(42-28-38(59-4)18-22-44(42)55(30)49(58)31-11-15-36(50)16-12-31)29-46(56)51-23-7-5-6-8-24-52-47(57)34-14-21-43-45(27-34)60-48(53-43)35-13-19-39-32(25-35)9-10-33-26-37(54(2)3)17-20-40(33)39/h11-22,25-28H,5-10,23-24,29H2,1-4H3,(H,51,56)(H,52,57). The lowest BCUT2D eigenvalue weighted by molar-refractivity contribution is -0.120. The first-order valence-corrected chi connectivity index (χ1v) is 21.6. The van der Waals surface area contributed by atoms with Crippen LogP contribution in [-0.4, -0.2) is 61.6 Å². The summed E-state index contributed by atoms with van der Waals surface area (Å²) in [6.07, 6.45) is 5.67. The average molecular weight is 838 g/mol. The van der Waals surface area contributed by atoms with E-state index in [2.05, 4.69) is 66.0 Å². The first kappa shape index (κ1) is 40.8. The molecule has 8 rings (SSSR count). The molecule has 0 radical (unpaired) electrons. The maximum Gasteiger partial charge on any atom is 0.262 e. The zero-order valence-corrected chi connectivity index (χ0v) is 35.9. The number of carbonyl (C=O) groups is 3. The van der Waals surface area contributed by atoms with Gasteiger partial charge in [0.05, 0.1) is 29.3 Å². The molecule has 7 aromatic rings. The summed E-state index contributed by atoms with van der Waals surface area (Å²) in [5.41, 5.74) is 11.9. The summed E-state index contributed by atoms with van der Waals surface area (Å²) in [6, 6.07) is 31.5. The van der Waals surface area contributed by atoms with E-state index in [1.807, 2.05) is 43.3 Å². The lowest BCUT2D eigenvalue weighted by Crippen LogP contribution is -2.26. The van der Waals surface area contributed by atoms with Crippen LogP contribution in [0.4, 0.5) is 5.69 Å². The monoisotopic (exact) mass is 837 g/mol. The summed E-state index contributed by atoms with van der Waals surface area (Å²) in [4.78, 5) is 46.9. The highest BCUT2D eigenvalue weighted by atomic mass is 35.5. The van der Waals surface area contributed by atoms with Gasteiger partial charge in [0.1, 0.15) is 10.8 Å². The van der Waals surface area contributed by atoms with Gasteiger partial charge < -0.3 is 20.3 Å². The van der Waals surface area contributed by atoms with Crippen molar-refractivity contribution in [2.45, 2.75) is 51.9 Å². The number of aromatic nitrogens is 2. The van der Waals surface area contributed by atoms with Crippen LogP contribution in [0.5, 0.6) is 5.75 Å². The molecule has 2 amide bonds. The number of thiazole rings is 1. The number of halogens is 1. The topological polar surface area (TPSA) is 106 Å². The molecule has 0 fully saturated rings. The van der Waals surface area contributed by atoms with Crippen LogP contribution in [0.2, 0.25) is 5.02 Å². The van der Waals surface area contributed by atoms with Crippen molar-refractivity contribution in [2.24, 2.45) is 0 Å². The third kappa shape index (κ3) is 8.53. The fourth-order valence-electron chi connectivity index (χ4n) is 8.14. The Labute approximate surface area is 359 Å². The number of amides is 2. The van der Waals surface area contributed by atoms with Gasteiger partial charge in [-0.1, -0.05) is 42.6 Å². The number of anilines is 1. The smallest absolute Gasteiger partial charge is 0.262 e. The van der Waals surface area contributed by atoms with Crippen molar-refractivity contribution >= 4 is 67.5 Å². The van der Waals surface area contributed by atoms with E-state index in [0.717, 1.165) is 70.3 Å². The lowest BCUT2D eigenvalue weighted by atomic mass is 9.84. The summed E-state index contributed by atoms with van der Waals surface area (Å²) in [5.74, 6) is 0.264. The van der Waals surface area contributed by atoms with E-state index in [-0.39, 0.29) is 24.1 Å². The summed E-state index contributed by atoms with van der Waals surface area (Å²) in [7, 11) is 5.75. The molecule has 2 heterocycles. The number of nitrogens with zero attached hydrogens (tertiary/aromatic N) is 3. The number of benzene rings is 5. The van der Waals surface area contributed by atoms with Crippen LogP contribution in [0.25, 0.3) is 42.8 Å². The van der Waals surface area contributed by atoms with Crippen molar-refractivity contribution in [1.82, 2.24) is 20.2 Å². The number of hydrogen-bond acceptors (Lipinski definition) is 7. The highest BCUT2D eigenvalue weighted by Crippen LogP contribution is 2.39. The number of carbonyl (C=O) groups excluding carboxylic acids is 3. The highest BCUT2D eigenvalue weighted by molar-refractivity contribution is 7.21. The molecule has 0 spiro atoms. The fraction of sp³-hybridized carbons (Fsp3) is 0.265. The van der Waals surface area contributed by atoms with Gasteiger partial charge in [-0.05, 0) is 139 Å². The Morgan fingerprint density at radius 3 is 2.23 bits per heavy atom. The molecular weight excluding hydrogens is 790 g/mol. The quantitative estimate of drug-likeness (QED) is 0.106. The van der Waals surface area contributed by atoms with Gasteiger partial charge >= 0.3 is 0 Å². The predicted molar refractivity (Wildman–Crippen MR) is 244 cm³/mol.